The summed E-state index contributed by atoms with van der Waals surface area (Å²) >= 11 is 0. The van der Waals surface area contributed by atoms with E-state index in [0.29, 0.717) is 34.6 Å². The number of nitrogen functional groups attached to an aromatic ring is 1. The first kappa shape index (κ1) is 17.3. The number of nitrogens with two attached hydrogens (primary N) is 1. The van der Waals surface area contributed by atoms with Crippen LogP contribution in [0.25, 0.3) is 16.8 Å². The van der Waals surface area contributed by atoms with Gasteiger partial charge in [0.1, 0.15) is 17.2 Å². The van der Waals surface area contributed by atoms with Crippen LogP contribution < -0.4 is 15.8 Å². The molecule has 1 aromatic carbocycles. The van der Waals surface area contributed by atoms with Crippen molar-refractivity contribution in [2.24, 2.45) is 0 Å². The number of benzene rings is 1. The van der Waals surface area contributed by atoms with Gasteiger partial charge < -0.3 is 15.8 Å². The second kappa shape index (κ2) is 7.15. The van der Waals surface area contributed by atoms with Crippen molar-refractivity contribution in [2.75, 3.05) is 19.4 Å². The lowest BCUT2D eigenvalue weighted by Crippen LogP contribution is -2.25. The third kappa shape index (κ3) is 2.82. The smallest absolute Gasteiger partial charge is 0.273 e. The number of nitriles is 1. The molecule has 3 rings (SSSR count). The van der Waals surface area contributed by atoms with Crippen LogP contribution in [0.1, 0.15) is 29.4 Å². The van der Waals surface area contributed by atoms with E-state index >= 15 is 0 Å². The number of fused-ring (bicyclic) bond motifs is 1. The summed E-state index contributed by atoms with van der Waals surface area (Å²) in [7, 11) is 1.55. The van der Waals surface area contributed by atoms with Crippen LogP contribution in [0.4, 0.5) is 5.82 Å². The average molecular weight is 349 g/mol. The Bertz CT molecular complexity index is 1020. The summed E-state index contributed by atoms with van der Waals surface area (Å²) in [6.07, 6.45) is 2.55. The zero-order chi connectivity index (χ0) is 18.7. The molecule has 2 aromatic heterocycles. The molecule has 0 saturated carbocycles. The van der Waals surface area contributed by atoms with Gasteiger partial charge in [-0.2, -0.15) is 5.26 Å². The average Bonchev–Trinajstić information content (AvgIpc) is 3.02. The van der Waals surface area contributed by atoms with Crippen LogP contribution >= 0.6 is 0 Å². The second-order valence-electron chi connectivity index (χ2n) is 5.71. The van der Waals surface area contributed by atoms with Crippen molar-refractivity contribution in [2.45, 2.75) is 13.3 Å². The summed E-state index contributed by atoms with van der Waals surface area (Å²) in [5.74, 6) is 0.485. The minimum Gasteiger partial charge on any atom is -0.496 e. The topological polar surface area (TPSA) is 105 Å². The lowest BCUT2D eigenvalue weighted by atomic mass is 10.00. The fraction of sp³-hybridized carbons (Fsp3) is 0.211. The van der Waals surface area contributed by atoms with Crippen LogP contribution in [-0.4, -0.2) is 28.9 Å². The maximum absolute atomic E-state index is 12.3. The van der Waals surface area contributed by atoms with E-state index in [2.05, 4.69) is 16.4 Å². The van der Waals surface area contributed by atoms with Crippen molar-refractivity contribution in [1.82, 2.24) is 14.7 Å². The Morgan fingerprint density at radius 3 is 2.88 bits per heavy atom. The Morgan fingerprint density at radius 2 is 2.19 bits per heavy atom. The minimum absolute atomic E-state index is 0.166. The number of hydrogen-bond donors (Lipinski definition) is 2. The third-order valence-electron chi connectivity index (χ3n) is 4.07. The number of nitrogens with one attached hydrogen (secondary N) is 1. The van der Waals surface area contributed by atoms with Crippen molar-refractivity contribution in [3.05, 3.63) is 47.8 Å². The Hall–Kier alpha value is -3.53. The first-order valence-corrected chi connectivity index (χ1v) is 8.24. The second-order valence-corrected chi connectivity index (χ2v) is 5.71. The van der Waals surface area contributed by atoms with Gasteiger partial charge in [-0.25, -0.2) is 4.98 Å². The SMILES string of the molecule is CCCNC(=O)c1nc2c(-c3c(C#N)cccc3OC)cccn2c1N. The van der Waals surface area contributed by atoms with Crippen molar-refractivity contribution < 1.29 is 9.53 Å². The highest BCUT2D eigenvalue weighted by Crippen LogP contribution is 2.36. The van der Waals surface area contributed by atoms with Gasteiger partial charge in [0.2, 0.25) is 0 Å². The van der Waals surface area contributed by atoms with Gasteiger partial charge in [0, 0.05) is 23.9 Å². The molecule has 0 atom stereocenters. The predicted molar refractivity (Wildman–Crippen MR) is 98.9 cm³/mol. The number of ether oxygens (including phenoxy) is 1. The third-order valence-corrected chi connectivity index (χ3v) is 4.07. The van der Waals surface area contributed by atoms with Crippen molar-refractivity contribution in [1.29, 1.82) is 5.26 Å². The summed E-state index contributed by atoms with van der Waals surface area (Å²) in [6, 6.07) is 11.0. The Kier molecular flexibility index (Phi) is 4.76. The molecule has 0 bridgehead atoms. The van der Waals surface area contributed by atoms with Gasteiger partial charge >= 0.3 is 0 Å². The number of aromatic nitrogens is 2. The maximum atomic E-state index is 12.3. The highest BCUT2D eigenvalue weighted by atomic mass is 16.5. The summed E-state index contributed by atoms with van der Waals surface area (Å²) in [5.41, 5.74) is 8.55. The molecule has 7 heteroatoms. The number of rotatable bonds is 5. The van der Waals surface area contributed by atoms with Gasteiger partial charge in [0.05, 0.1) is 18.7 Å². The molecule has 0 saturated heterocycles. The van der Waals surface area contributed by atoms with E-state index in [1.54, 1.807) is 42.0 Å². The van der Waals surface area contributed by atoms with Gasteiger partial charge in [0.15, 0.2) is 5.69 Å². The van der Waals surface area contributed by atoms with Crippen LogP contribution in [0.2, 0.25) is 0 Å². The fourth-order valence-electron chi connectivity index (χ4n) is 2.84. The molecule has 2 heterocycles. The maximum Gasteiger partial charge on any atom is 0.273 e. The number of imidazole rings is 1. The quantitative estimate of drug-likeness (QED) is 0.736. The van der Waals surface area contributed by atoms with Gasteiger partial charge in [0.25, 0.3) is 5.91 Å². The Morgan fingerprint density at radius 1 is 1.38 bits per heavy atom. The number of carbonyl (C=O) groups excluding carboxylic acids is 1. The molecule has 0 aliphatic heterocycles. The van der Waals surface area contributed by atoms with E-state index in [-0.39, 0.29) is 17.4 Å². The molecule has 0 spiro atoms. The van der Waals surface area contributed by atoms with Crippen molar-refractivity contribution >= 4 is 17.4 Å². The molecular weight excluding hydrogens is 330 g/mol. The summed E-state index contributed by atoms with van der Waals surface area (Å²) < 4.78 is 7.07. The normalized spacial score (nSPS) is 10.5. The number of methoxy groups -OCH3 is 1. The van der Waals surface area contributed by atoms with Crippen LogP contribution in [0.15, 0.2) is 36.5 Å². The molecule has 132 valence electrons. The first-order chi connectivity index (χ1) is 12.6. The minimum atomic E-state index is -0.320. The number of hydrogen-bond acceptors (Lipinski definition) is 5. The van der Waals surface area contributed by atoms with Crippen LogP contribution in [0.3, 0.4) is 0 Å². The first-order valence-electron chi connectivity index (χ1n) is 8.24. The Labute approximate surface area is 151 Å². The number of pyridine rings is 1. The van der Waals surface area contributed by atoms with E-state index in [1.807, 2.05) is 13.0 Å². The molecule has 0 aliphatic rings. The number of nitrogens with zero attached hydrogens (tertiary/aromatic N) is 3. The van der Waals surface area contributed by atoms with Crippen LogP contribution in [0, 0.1) is 11.3 Å². The lowest BCUT2D eigenvalue weighted by molar-refractivity contribution is 0.0950. The summed E-state index contributed by atoms with van der Waals surface area (Å²) in [6.45, 7) is 2.51. The largest absolute Gasteiger partial charge is 0.496 e. The van der Waals surface area contributed by atoms with Crippen molar-refractivity contribution in [3.63, 3.8) is 0 Å². The monoisotopic (exact) mass is 349 g/mol. The summed E-state index contributed by atoms with van der Waals surface area (Å²) in [5, 5.41) is 12.3. The zero-order valence-corrected chi connectivity index (χ0v) is 14.6. The Balaban J connectivity index is 2.24. The van der Waals surface area contributed by atoms with E-state index in [9.17, 15) is 10.1 Å². The molecule has 0 fully saturated rings. The van der Waals surface area contributed by atoms with E-state index in [4.69, 9.17) is 10.5 Å². The molecule has 0 aliphatic carbocycles. The van der Waals surface area contributed by atoms with Crippen LogP contribution in [-0.2, 0) is 0 Å². The van der Waals surface area contributed by atoms with Gasteiger partial charge in [-0.15, -0.1) is 0 Å². The zero-order valence-electron chi connectivity index (χ0n) is 14.6. The molecular formula is C19H19N5O2. The molecule has 0 radical (unpaired) electrons. The predicted octanol–water partition coefficient (Wildman–Crippen LogP) is 2.60. The molecule has 3 aromatic rings. The van der Waals surface area contributed by atoms with E-state index < -0.39 is 0 Å². The number of carbonyl (C=O) groups is 1. The van der Waals surface area contributed by atoms with Gasteiger partial charge in [-0.3, -0.25) is 9.20 Å². The van der Waals surface area contributed by atoms with Gasteiger partial charge in [-0.05, 0) is 30.7 Å². The molecule has 0 unspecified atom stereocenters. The van der Waals surface area contributed by atoms with Gasteiger partial charge in [-0.1, -0.05) is 13.0 Å². The standard InChI is InChI=1S/C19H19N5O2/c1-3-9-22-19(25)16-17(21)24-10-5-7-13(18(24)23-16)15-12(11-20)6-4-8-14(15)26-2/h4-8,10H,3,9,21H2,1-2H3,(H,22,25). The molecule has 1 amide bonds. The highest BCUT2D eigenvalue weighted by Gasteiger charge is 2.21. The molecule has 7 nitrogen and oxygen atoms in total. The van der Waals surface area contributed by atoms with Crippen molar-refractivity contribution in [3.8, 4) is 22.9 Å². The number of anilines is 1. The van der Waals surface area contributed by atoms with E-state index in [0.717, 1.165) is 6.42 Å². The molecule has 3 N–H and O–H groups in total. The van der Waals surface area contributed by atoms with Crippen LogP contribution in [0.5, 0.6) is 5.75 Å². The highest BCUT2D eigenvalue weighted by molar-refractivity contribution is 5.99. The van der Waals surface area contributed by atoms with E-state index in [1.165, 1.54) is 0 Å². The fourth-order valence-corrected chi connectivity index (χ4v) is 2.84. The number of amides is 1. The lowest BCUT2D eigenvalue weighted by Gasteiger charge is -2.11. The molecule has 26 heavy (non-hydrogen) atoms. The summed E-state index contributed by atoms with van der Waals surface area (Å²) in [4.78, 5) is 16.8.